The van der Waals surface area contributed by atoms with Crippen LogP contribution in [0.4, 0.5) is 5.00 Å². The number of ether oxygens (including phenoxy) is 4. The van der Waals surface area contributed by atoms with Gasteiger partial charge in [-0.05, 0) is 52.3 Å². The first-order valence-electron chi connectivity index (χ1n) is 11.0. The highest BCUT2D eigenvalue weighted by Crippen LogP contribution is 2.34. The van der Waals surface area contributed by atoms with Gasteiger partial charge in [-0.25, -0.2) is 9.59 Å². The van der Waals surface area contributed by atoms with Crippen LogP contribution in [-0.4, -0.2) is 81.9 Å². The van der Waals surface area contributed by atoms with E-state index in [-0.39, 0.29) is 59.6 Å². The summed E-state index contributed by atoms with van der Waals surface area (Å²) in [6, 6.07) is 0. The van der Waals surface area contributed by atoms with Gasteiger partial charge in [0.2, 0.25) is 5.91 Å². The van der Waals surface area contributed by atoms with E-state index in [9.17, 15) is 19.2 Å². The van der Waals surface area contributed by atoms with Crippen LogP contribution in [0.2, 0.25) is 0 Å². The van der Waals surface area contributed by atoms with Crippen molar-refractivity contribution in [1.29, 1.82) is 0 Å². The Bertz CT molecular complexity index is 846. The van der Waals surface area contributed by atoms with Crippen LogP contribution in [0.5, 0.6) is 0 Å². The molecular formula is C22H32N2O8S. The molecule has 0 aliphatic carbocycles. The van der Waals surface area contributed by atoms with E-state index >= 15 is 0 Å². The van der Waals surface area contributed by atoms with Crippen LogP contribution in [-0.2, 0) is 28.5 Å². The van der Waals surface area contributed by atoms with Crippen molar-refractivity contribution in [2.24, 2.45) is 5.92 Å². The number of thiophene rings is 1. The summed E-state index contributed by atoms with van der Waals surface area (Å²) in [5.41, 5.74) is 0.543. The molecule has 1 aromatic rings. The number of hydrogen-bond acceptors (Lipinski definition) is 10. The Morgan fingerprint density at radius 1 is 1.00 bits per heavy atom. The van der Waals surface area contributed by atoms with Gasteiger partial charge in [-0.3, -0.25) is 14.5 Å². The van der Waals surface area contributed by atoms with E-state index in [2.05, 4.69) is 5.32 Å². The molecule has 0 aromatic carbocycles. The predicted octanol–water partition coefficient (Wildman–Crippen LogP) is 2.25. The molecule has 1 aliphatic rings. The number of nitrogens with zero attached hydrogens (tertiary/aromatic N) is 1. The summed E-state index contributed by atoms with van der Waals surface area (Å²) < 4.78 is 20.2. The second-order valence-electron chi connectivity index (χ2n) is 7.46. The predicted molar refractivity (Wildman–Crippen MR) is 122 cm³/mol. The van der Waals surface area contributed by atoms with Crippen LogP contribution in [0.25, 0.3) is 0 Å². The highest BCUT2D eigenvalue weighted by Gasteiger charge is 2.29. The Balaban J connectivity index is 2.06. The lowest BCUT2D eigenvalue weighted by molar-refractivity contribution is -0.149. The molecule has 0 saturated carbocycles. The standard InChI is InChI=1S/C22H32N2O8S/c1-5-30-20(26)15-7-9-24(10-8-15)13-16(25)23-19-17(21(27)31-6-2)14(3)18(33-19)22(28)32-12-11-29-4/h15H,5-13H2,1-4H3,(H,23,25). The molecule has 2 heterocycles. The zero-order chi connectivity index (χ0) is 24.4. The number of piperidine rings is 1. The summed E-state index contributed by atoms with van der Waals surface area (Å²) in [4.78, 5) is 51.7. The van der Waals surface area contributed by atoms with E-state index in [0.29, 0.717) is 38.1 Å². The summed E-state index contributed by atoms with van der Waals surface area (Å²) in [5.74, 6) is -1.88. The number of carbonyl (C=O) groups is 4. The van der Waals surface area contributed by atoms with Gasteiger partial charge in [-0.2, -0.15) is 0 Å². The summed E-state index contributed by atoms with van der Waals surface area (Å²) in [6.45, 7) is 7.17. The third-order valence-corrected chi connectivity index (χ3v) is 6.35. The zero-order valence-electron chi connectivity index (χ0n) is 19.6. The van der Waals surface area contributed by atoms with E-state index in [1.54, 1.807) is 20.8 Å². The summed E-state index contributed by atoms with van der Waals surface area (Å²) in [5, 5.41) is 2.99. The molecular weight excluding hydrogens is 452 g/mol. The number of hydrogen-bond donors (Lipinski definition) is 1. The second-order valence-corrected chi connectivity index (χ2v) is 8.48. The number of esters is 3. The van der Waals surface area contributed by atoms with E-state index in [4.69, 9.17) is 18.9 Å². The Hall–Kier alpha value is -2.50. The monoisotopic (exact) mass is 484 g/mol. The number of likely N-dealkylation sites (tertiary alicyclic amines) is 1. The van der Waals surface area contributed by atoms with Crippen LogP contribution in [0.15, 0.2) is 0 Å². The van der Waals surface area contributed by atoms with E-state index in [1.807, 2.05) is 4.90 Å². The molecule has 0 unspecified atom stereocenters. The fraction of sp³-hybridized carbons (Fsp3) is 0.636. The first kappa shape index (κ1) is 26.7. The minimum Gasteiger partial charge on any atom is -0.466 e. The minimum absolute atomic E-state index is 0.0743. The molecule has 1 saturated heterocycles. The average molecular weight is 485 g/mol. The smallest absolute Gasteiger partial charge is 0.348 e. The maximum atomic E-state index is 12.7. The lowest BCUT2D eigenvalue weighted by Crippen LogP contribution is -2.41. The van der Waals surface area contributed by atoms with Crippen molar-refractivity contribution in [1.82, 2.24) is 4.90 Å². The molecule has 1 aliphatic heterocycles. The lowest BCUT2D eigenvalue weighted by Gasteiger charge is -2.30. The number of anilines is 1. The molecule has 10 nitrogen and oxygen atoms in total. The Kier molecular flexibility index (Phi) is 10.8. The van der Waals surface area contributed by atoms with Crippen molar-refractivity contribution >= 4 is 40.2 Å². The van der Waals surface area contributed by atoms with Crippen molar-refractivity contribution in [3.8, 4) is 0 Å². The Labute approximate surface area is 197 Å². The van der Waals surface area contributed by atoms with Crippen molar-refractivity contribution < 1.29 is 38.1 Å². The van der Waals surface area contributed by atoms with Crippen LogP contribution in [0, 0.1) is 12.8 Å². The lowest BCUT2D eigenvalue weighted by atomic mass is 9.97. The molecule has 1 aromatic heterocycles. The van der Waals surface area contributed by atoms with Crippen LogP contribution in [0.1, 0.15) is 52.3 Å². The first-order chi connectivity index (χ1) is 15.8. The third-order valence-electron chi connectivity index (χ3n) is 5.16. The van der Waals surface area contributed by atoms with Gasteiger partial charge >= 0.3 is 17.9 Å². The van der Waals surface area contributed by atoms with Gasteiger partial charge in [0.1, 0.15) is 16.5 Å². The maximum Gasteiger partial charge on any atom is 0.348 e. The van der Waals surface area contributed by atoms with Crippen LogP contribution in [0.3, 0.4) is 0 Å². The molecule has 1 N–H and O–H groups in total. The maximum absolute atomic E-state index is 12.7. The number of amides is 1. The molecule has 184 valence electrons. The van der Waals surface area contributed by atoms with Gasteiger partial charge < -0.3 is 24.3 Å². The Morgan fingerprint density at radius 3 is 2.27 bits per heavy atom. The highest BCUT2D eigenvalue weighted by atomic mass is 32.1. The summed E-state index contributed by atoms with van der Waals surface area (Å²) in [7, 11) is 1.50. The first-order valence-corrected chi connectivity index (χ1v) is 11.8. The fourth-order valence-corrected chi connectivity index (χ4v) is 4.59. The SMILES string of the molecule is CCOC(=O)c1c(NC(=O)CN2CCC(C(=O)OCC)CC2)sc(C(=O)OCCOC)c1C. The third kappa shape index (κ3) is 7.51. The number of methoxy groups -OCH3 is 1. The van der Waals surface area contributed by atoms with Gasteiger partial charge in [-0.15, -0.1) is 11.3 Å². The number of carbonyl (C=O) groups excluding carboxylic acids is 4. The number of nitrogens with one attached hydrogen (secondary N) is 1. The van der Waals surface area contributed by atoms with Crippen molar-refractivity contribution in [2.75, 3.05) is 58.5 Å². The normalized spacial score (nSPS) is 14.5. The molecule has 33 heavy (non-hydrogen) atoms. The zero-order valence-corrected chi connectivity index (χ0v) is 20.4. The summed E-state index contributed by atoms with van der Waals surface area (Å²) >= 11 is 0.979. The van der Waals surface area contributed by atoms with Crippen molar-refractivity contribution in [3.05, 3.63) is 16.0 Å². The highest BCUT2D eigenvalue weighted by molar-refractivity contribution is 7.18. The van der Waals surface area contributed by atoms with Gasteiger partial charge in [0.15, 0.2) is 0 Å². The van der Waals surface area contributed by atoms with Crippen molar-refractivity contribution in [3.63, 3.8) is 0 Å². The van der Waals surface area contributed by atoms with E-state index in [1.165, 1.54) is 7.11 Å². The van der Waals surface area contributed by atoms with Crippen molar-refractivity contribution in [2.45, 2.75) is 33.6 Å². The molecule has 1 fully saturated rings. The quantitative estimate of drug-likeness (QED) is 0.286. The molecule has 0 bridgehead atoms. The molecule has 0 spiro atoms. The largest absolute Gasteiger partial charge is 0.466 e. The molecule has 0 radical (unpaired) electrons. The summed E-state index contributed by atoms with van der Waals surface area (Å²) in [6.07, 6.45) is 1.24. The van der Waals surface area contributed by atoms with Gasteiger partial charge in [0.25, 0.3) is 0 Å². The Morgan fingerprint density at radius 2 is 1.67 bits per heavy atom. The van der Waals surface area contributed by atoms with E-state index in [0.717, 1.165) is 11.3 Å². The molecule has 0 atom stereocenters. The molecule has 11 heteroatoms. The molecule has 1 amide bonds. The van der Waals surface area contributed by atoms with Crippen LogP contribution >= 0.6 is 11.3 Å². The average Bonchev–Trinajstić information content (AvgIpc) is 3.10. The topological polar surface area (TPSA) is 120 Å². The number of rotatable bonds is 11. The molecule has 2 rings (SSSR count). The van der Waals surface area contributed by atoms with Gasteiger partial charge in [-0.1, -0.05) is 0 Å². The van der Waals surface area contributed by atoms with Gasteiger partial charge in [0.05, 0.1) is 37.8 Å². The fourth-order valence-electron chi connectivity index (χ4n) is 3.48. The van der Waals surface area contributed by atoms with Gasteiger partial charge in [0, 0.05) is 7.11 Å². The van der Waals surface area contributed by atoms with E-state index < -0.39 is 11.9 Å². The second kappa shape index (κ2) is 13.3. The minimum atomic E-state index is -0.618. The van der Waals surface area contributed by atoms with Crippen LogP contribution < -0.4 is 5.32 Å².